The van der Waals surface area contributed by atoms with Gasteiger partial charge in [-0.05, 0) is 6.07 Å². The predicted molar refractivity (Wildman–Crippen MR) is 61.1 cm³/mol. The van der Waals surface area contributed by atoms with E-state index >= 15 is 0 Å². The van der Waals surface area contributed by atoms with E-state index in [1.807, 2.05) is 20.8 Å². The molecule has 0 amide bonds. The summed E-state index contributed by atoms with van der Waals surface area (Å²) in [5.41, 5.74) is 0.234. The van der Waals surface area contributed by atoms with E-state index in [1.165, 1.54) is 12.3 Å². The molecule has 0 bridgehead atoms. The SMILES string of the molecule is CC(C)(C)c1ncc(Cl)cc1S(C)(=O)=O. The summed E-state index contributed by atoms with van der Waals surface area (Å²) < 4.78 is 23.1. The van der Waals surface area contributed by atoms with Gasteiger partial charge in [0.05, 0.1) is 15.6 Å². The van der Waals surface area contributed by atoms with Gasteiger partial charge in [-0.3, -0.25) is 4.98 Å². The summed E-state index contributed by atoms with van der Waals surface area (Å²) in [5, 5.41) is 0.337. The minimum Gasteiger partial charge on any atom is -0.258 e. The van der Waals surface area contributed by atoms with Crippen LogP contribution in [0.15, 0.2) is 17.2 Å². The van der Waals surface area contributed by atoms with E-state index in [0.29, 0.717) is 10.7 Å². The Hall–Kier alpha value is -0.610. The van der Waals surface area contributed by atoms with Gasteiger partial charge < -0.3 is 0 Å². The van der Waals surface area contributed by atoms with Crippen molar-refractivity contribution in [2.75, 3.05) is 6.26 Å². The Morgan fingerprint density at radius 3 is 2.27 bits per heavy atom. The molecular weight excluding hydrogens is 234 g/mol. The second kappa shape index (κ2) is 3.76. The lowest BCUT2D eigenvalue weighted by Crippen LogP contribution is -2.18. The van der Waals surface area contributed by atoms with E-state index in [4.69, 9.17) is 11.6 Å². The van der Waals surface area contributed by atoms with E-state index in [1.54, 1.807) is 0 Å². The van der Waals surface area contributed by atoms with Gasteiger partial charge in [0.2, 0.25) is 0 Å². The molecule has 0 aliphatic heterocycles. The van der Waals surface area contributed by atoms with Crippen LogP contribution in [0.25, 0.3) is 0 Å². The molecule has 0 N–H and O–H groups in total. The average Bonchev–Trinajstić information content (AvgIpc) is 2.00. The molecule has 0 aliphatic rings. The molecule has 1 aromatic rings. The lowest BCUT2D eigenvalue weighted by Gasteiger charge is -2.20. The van der Waals surface area contributed by atoms with Crippen molar-refractivity contribution in [1.82, 2.24) is 4.98 Å². The fourth-order valence-corrected chi connectivity index (χ4v) is 2.54. The van der Waals surface area contributed by atoms with E-state index in [0.717, 1.165) is 6.26 Å². The summed E-state index contributed by atoms with van der Waals surface area (Å²) in [4.78, 5) is 4.32. The van der Waals surface area contributed by atoms with Gasteiger partial charge in [0.15, 0.2) is 9.84 Å². The predicted octanol–water partition coefficient (Wildman–Crippen LogP) is 2.44. The highest BCUT2D eigenvalue weighted by Gasteiger charge is 2.24. The molecule has 0 saturated carbocycles. The Morgan fingerprint density at radius 1 is 1.33 bits per heavy atom. The van der Waals surface area contributed by atoms with Crippen LogP contribution in [0.5, 0.6) is 0 Å². The molecule has 0 spiro atoms. The third-order valence-electron chi connectivity index (χ3n) is 1.93. The molecule has 0 fully saturated rings. The maximum absolute atomic E-state index is 11.6. The molecule has 84 valence electrons. The molecule has 0 unspecified atom stereocenters. The summed E-state index contributed by atoms with van der Waals surface area (Å²) in [5.74, 6) is 0. The molecule has 0 saturated heterocycles. The molecule has 5 heteroatoms. The summed E-state index contributed by atoms with van der Waals surface area (Å²) in [6, 6.07) is 1.45. The first-order valence-electron chi connectivity index (χ1n) is 4.48. The van der Waals surface area contributed by atoms with Gasteiger partial charge >= 0.3 is 0 Å². The van der Waals surface area contributed by atoms with Crippen molar-refractivity contribution in [3.8, 4) is 0 Å². The number of rotatable bonds is 1. The fourth-order valence-electron chi connectivity index (χ4n) is 1.27. The fraction of sp³-hybridized carbons (Fsp3) is 0.500. The smallest absolute Gasteiger partial charge is 0.177 e. The zero-order chi connectivity index (χ0) is 11.9. The largest absolute Gasteiger partial charge is 0.258 e. The summed E-state index contributed by atoms with van der Waals surface area (Å²) in [6.07, 6.45) is 2.63. The molecule has 15 heavy (non-hydrogen) atoms. The number of pyridine rings is 1. The Kier molecular flexibility index (Phi) is 3.12. The Labute approximate surface area is 95.4 Å². The van der Waals surface area contributed by atoms with Crippen molar-refractivity contribution in [2.45, 2.75) is 31.1 Å². The molecule has 1 rings (SSSR count). The molecule has 0 atom stereocenters. The normalized spacial score (nSPS) is 12.9. The van der Waals surface area contributed by atoms with E-state index in [-0.39, 0.29) is 10.3 Å². The molecule has 0 aromatic carbocycles. The van der Waals surface area contributed by atoms with Gasteiger partial charge in [-0.15, -0.1) is 0 Å². The van der Waals surface area contributed by atoms with E-state index in [2.05, 4.69) is 4.98 Å². The summed E-state index contributed by atoms with van der Waals surface area (Å²) in [7, 11) is -3.29. The molecule has 3 nitrogen and oxygen atoms in total. The molecular formula is C10H14ClNO2S. The highest BCUT2D eigenvalue weighted by molar-refractivity contribution is 7.90. The minimum atomic E-state index is -3.29. The van der Waals surface area contributed by atoms with Crippen molar-refractivity contribution < 1.29 is 8.42 Å². The van der Waals surface area contributed by atoms with Gasteiger partial charge in [-0.2, -0.15) is 0 Å². The Balaban J connectivity index is 3.55. The molecule has 1 heterocycles. The van der Waals surface area contributed by atoms with Crippen LogP contribution in [0.2, 0.25) is 5.02 Å². The van der Waals surface area contributed by atoms with Crippen LogP contribution in [-0.2, 0) is 15.3 Å². The Morgan fingerprint density at radius 2 is 1.87 bits per heavy atom. The first kappa shape index (κ1) is 12.5. The van der Waals surface area contributed by atoms with Gasteiger partial charge in [0, 0.05) is 17.9 Å². The monoisotopic (exact) mass is 247 g/mol. The lowest BCUT2D eigenvalue weighted by atomic mass is 9.92. The Bertz CT molecular complexity index is 475. The lowest BCUT2D eigenvalue weighted by molar-refractivity contribution is 0.544. The number of aromatic nitrogens is 1. The van der Waals surface area contributed by atoms with Gasteiger partial charge in [0.1, 0.15) is 0 Å². The van der Waals surface area contributed by atoms with Crippen LogP contribution in [0.4, 0.5) is 0 Å². The van der Waals surface area contributed by atoms with E-state index < -0.39 is 9.84 Å². The number of nitrogens with zero attached hydrogens (tertiary/aromatic N) is 1. The van der Waals surface area contributed by atoms with Crippen LogP contribution in [0, 0.1) is 0 Å². The number of hydrogen-bond donors (Lipinski definition) is 0. The molecule has 1 aromatic heterocycles. The third kappa shape index (κ3) is 2.92. The first-order chi connectivity index (χ1) is 6.62. The summed E-state index contributed by atoms with van der Waals surface area (Å²) in [6.45, 7) is 5.74. The second-order valence-corrected chi connectivity index (χ2v) is 6.94. The zero-order valence-electron chi connectivity index (χ0n) is 9.20. The molecule has 0 aliphatic carbocycles. The van der Waals surface area contributed by atoms with Crippen LogP contribution in [0.3, 0.4) is 0 Å². The van der Waals surface area contributed by atoms with Gasteiger partial charge in [0.25, 0.3) is 0 Å². The first-order valence-corrected chi connectivity index (χ1v) is 6.75. The average molecular weight is 248 g/mol. The van der Waals surface area contributed by atoms with Crippen molar-refractivity contribution in [2.24, 2.45) is 0 Å². The van der Waals surface area contributed by atoms with Crippen LogP contribution in [-0.4, -0.2) is 19.7 Å². The van der Waals surface area contributed by atoms with Crippen molar-refractivity contribution in [3.63, 3.8) is 0 Å². The van der Waals surface area contributed by atoms with Crippen molar-refractivity contribution in [3.05, 3.63) is 23.0 Å². The van der Waals surface area contributed by atoms with Gasteiger partial charge in [-0.1, -0.05) is 32.4 Å². The van der Waals surface area contributed by atoms with E-state index in [9.17, 15) is 8.42 Å². The van der Waals surface area contributed by atoms with Gasteiger partial charge in [-0.25, -0.2) is 8.42 Å². The number of hydrogen-bond acceptors (Lipinski definition) is 3. The zero-order valence-corrected chi connectivity index (χ0v) is 10.8. The standard InChI is InChI=1S/C10H14ClNO2S/c1-10(2,3)9-8(15(4,13)14)5-7(11)6-12-9/h5-6H,1-4H3. The van der Waals surface area contributed by atoms with Crippen LogP contribution in [0.1, 0.15) is 26.5 Å². The maximum Gasteiger partial charge on any atom is 0.177 e. The van der Waals surface area contributed by atoms with Crippen LogP contribution >= 0.6 is 11.6 Å². The number of sulfone groups is 1. The highest BCUT2D eigenvalue weighted by Crippen LogP contribution is 2.28. The highest BCUT2D eigenvalue weighted by atomic mass is 35.5. The number of halogens is 1. The molecule has 0 radical (unpaired) electrons. The van der Waals surface area contributed by atoms with Crippen molar-refractivity contribution in [1.29, 1.82) is 0 Å². The summed E-state index contributed by atoms with van der Waals surface area (Å²) >= 11 is 5.75. The quantitative estimate of drug-likeness (QED) is 0.766. The third-order valence-corrected chi connectivity index (χ3v) is 3.25. The second-order valence-electron chi connectivity index (χ2n) is 4.52. The minimum absolute atomic E-state index is 0.211. The van der Waals surface area contributed by atoms with Crippen LogP contribution < -0.4 is 0 Å². The maximum atomic E-state index is 11.6. The van der Waals surface area contributed by atoms with Crippen molar-refractivity contribution >= 4 is 21.4 Å². The topological polar surface area (TPSA) is 47.0 Å².